The minimum absolute atomic E-state index is 0.243. The predicted octanol–water partition coefficient (Wildman–Crippen LogP) is 10.4. The fraction of sp³-hybridized carbons (Fsp3) is 0.645. The molecule has 0 saturated carbocycles. The van der Waals surface area contributed by atoms with Gasteiger partial charge in [-0.15, -0.1) is 20.4 Å². The summed E-state index contributed by atoms with van der Waals surface area (Å²) in [5, 5.41) is 23.0. The number of hydrogen-bond donors (Lipinski definition) is 1. The lowest BCUT2D eigenvalue weighted by atomic mass is 9.91. The summed E-state index contributed by atoms with van der Waals surface area (Å²) in [6.07, 6.45) is 16.1. The molecule has 0 aliphatic carbocycles. The van der Waals surface area contributed by atoms with Gasteiger partial charge in [0.05, 0.1) is 11.4 Å². The van der Waals surface area contributed by atoms with Crippen molar-refractivity contribution in [3.63, 3.8) is 0 Å². The van der Waals surface area contributed by atoms with E-state index in [9.17, 15) is 0 Å². The Kier molecular flexibility index (Phi) is 13.6. The van der Waals surface area contributed by atoms with E-state index in [1.54, 1.807) is 4.68 Å². The molecule has 2 N–H and O–H groups in total. The number of rotatable bonds is 18. The highest BCUT2D eigenvalue weighted by Gasteiger charge is 2.27. The van der Waals surface area contributed by atoms with Crippen LogP contribution in [0.25, 0.3) is 5.69 Å². The van der Waals surface area contributed by atoms with Crippen LogP contribution in [-0.2, 0) is 5.41 Å². The van der Waals surface area contributed by atoms with Gasteiger partial charge in [0.1, 0.15) is 0 Å². The van der Waals surface area contributed by atoms with E-state index >= 15 is 0 Å². The topological polar surface area (TPSA) is 94.3 Å². The normalized spacial score (nSPS) is 12.9. The first kappa shape index (κ1) is 32.3. The van der Waals surface area contributed by atoms with E-state index in [-0.39, 0.29) is 5.41 Å². The zero-order valence-electron chi connectivity index (χ0n) is 25.2. The highest BCUT2D eigenvalue weighted by atomic mass is 32.2. The van der Waals surface area contributed by atoms with Crippen LogP contribution in [0, 0.1) is 5.92 Å². The van der Waals surface area contributed by atoms with Crippen molar-refractivity contribution < 1.29 is 0 Å². The maximum absolute atomic E-state index is 6.53. The van der Waals surface area contributed by atoms with Crippen molar-refractivity contribution in [3.05, 3.63) is 36.0 Å². The molecule has 0 radical (unpaired) electrons. The fourth-order valence-electron chi connectivity index (χ4n) is 4.76. The molecule has 40 heavy (non-hydrogen) atoms. The molecule has 0 spiro atoms. The summed E-state index contributed by atoms with van der Waals surface area (Å²) in [7, 11) is 0. The van der Waals surface area contributed by atoms with Gasteiger partial charge in [0, 0.05) is 11.2 Å². The third-order valence-corrected chi connectivity index (χ3v) is 9.28. The molecule has 3 rings (SSSR count). The largest absolute Gasteiger partial charge is 0.382 e. The summed E-state index contributed by atoms with van der Waals surface area (Å²) < 4.78 is 2.69. The summed E-state index contributed by atoms with van der Waals surface area (Å²) in [6.45, 7) is 10.9. The SMILES string of the molecule is CCCCCCCCC(CCCCCC)CSc1nnc(/N=N\c2c(C(C)(C)C)nn(-c3ccccc3)c2N)s1. The number of nitrogens with zero attached hydrogens (tertiary/aromatic N) is 6. The third kappa shape index (κ3) is 10.3. The lowest BCUT2D eigenvalue weighted by Crippen LogP contribution is -2.13. The number of para-hydroxylation sites is 1. The van der Waals surface area contributed by atoms with Gasteiger partial charge in [0.2, 0.25) is 0 Å². The van der Waals surface area contributed by atoms with E-state index < -0.39 is 0 Å². The Morgan fingerprint density at radius 1 is 0.875 bits per heavy atom. The van der Waals surface area contributed by atoms with E-state index in [4.69, 9.17) is 10.8 Å². The molecule has 0 fully saturated rings. The first-order valence-electron chi connectivity index (χ1n) is 15.2. The average Bonchev–Trinajstić information content (AvgIpc) is 3.54. The molecule has 0 aliphatic rings. The minimum Gasteiger partial charge on any atom is -0.382 e. The lowest BCUT2D eigenvalue weighted by Gasteiger charge is -2.15. The number of nitrogen functional groups attached to an aromatic ring is 1. The monoisotopic (exact) mass is 583 g/mol. The molecule has 9 heteroatoms. The summed E-state index contributed by atoms with van der Waals surface area (Å²) in [6, 6.07) is 9.88. The molecular weight excluding hydrogens is 535 g/mol. The van der Waals surface area contributed by atoms with Crippen molar-refractivity contribution in [2.75, 3.05) is 11.5 Å². The van der Waals surface area contributed by atoms with E-state index in [1.165, 1.54) is 88.4 Å². The number of nitrogens with two attached hydrogens (primary N) is 1. The standard InChI is InChI=1S/C31H49N7S2/c1-6-8-10-12-13-16-20-24(19-15-11-9-7-2)23-39-30-36-35-29(40-30)34-33-26-27(31(3,4)5)37-38(28(26)32)25-21-17-14-18-22-25/h14,17-18,21-22,24H,6-13,15-16,19-20,23,32H2,1-5H3/b34-33-. The second kappa shape index (κ2) is 16.9. The molecule has 1 unspecified atom stereocenters. The van der Waals surface area contributed by atoms with Gasteiger partial charge in [-0.25, -0.2) is 4.68 Å². The molecule has 0 amide bonds. The number of benzene rings is 1. The summed E-state index contributed by atoms with van der Waals surface area (Å²) in [5.74, 6) is 2.30. The molecule has 0 saturated heterocycles. The molecule has 1 aromatic carbocycles. The number of azo groups is 1. The van der Waals surface area contributed by atoms with Crippen LogP contribution in [0.1, 0.15) is 117 Å². The zero-order chi connectivity index (χ0) is 28.8. The van der Waals surface area contributed by atoms with Gasteiger partial charge < -0.3 is 5.73 Å². The third-order valence-electron chi connectivity index (χ3n) is 7.11. The second-order valence-corrected chi connectivity index (χ2v) is 13.9. The fourth-order valence-corrected chi connectivity index (χ4v) is 6.63. The number of aromatic nitrogens is 4. The van der Waals surface area contributed by atoms with Gasteiger partial charge in [0.15, 0.2) is 15.8 Å². The van der Waals surface area contributed by atoms with Gasteiger partial charge in [-0.1, -0.05) is 140 Å². The van der Waals surface area contributed by atoms with Crippen molar-refractivity contribution in [1.82, 2.24) is 20.0 Å². The Hall–Kier alpha value is -2.26. The predicted molar refractivity (Wildman–Crippen MR) is 172 cm³/mol. The van der Waals surface area contributed by atoms with Crippen molar-refractivity contribution in [2.45, 2.75) is 121 Å². The van der Waals surface area contributed by atoms with Crippen LogP contribution in [0.15, 0.2) is 44.9 Å². The number of anilines is 1. The molecule has 3 aromatic rings. The van der Waals surface area contributed by atoms with Crippen LogP contribution >= 0.6 is 23.1 Å². The summed E-state index contributed by atoms with van der Waals surface area (Å²) in [4.78, 5) is 0. The van der Waals surface area contributed by atoms with E-state index in [1.807, 2.05) is 42.1 Å². The van der Waals surface area contributed by atoms with Crippen LogP contribution in [0.5, 0.6) is 0 Å². The van der Waals surface area contributed by atoms with E-state index in [0.717, 1.165) is 27.4 Å². The molecule has 0 aliphatic heterocycles. The molecule has 1 atom stereocenters. The van der Waals surface area contributed by atoms with Crippen molar-refractivity contribution in [3.8, 4) is 5.69 Å². The Morgan fingerprint density at radius 2 is 1.50 bits per heavy atom. The van der Waals surface area contributed by atoms with Crippen LogP contribution in [0.3, 0.4) is 0 Å². The second-order valence-electron chi connectivity index (χ2n) is 11.7. The maximum Gasteiger partial charge on any atom is 0.252 e. The molecular formula is C31H49N7S2. The molecule has 2 heterocycles. The molecule has 220 valence electrons. The van der Waals surface area contributed by atoms with Gasteiger partial charge in [-0.3, -0.25) is 0 Å². The van der Waals surface area contributed by atoms with E-state index in [0.29, 0.717) is 16.6 Å². The number of hydrogen-bond acceptors (Lipinski definition) is 8. The highest BCUT2D eigenvalue weighted by Crippen LogP contribution is 2.38. The van der Waals surface area contributed by atoms with Gasteiger partial charge in [-0.05, 0) is 30.9 Å². The van der Waals surface area contributed by atoms with Crippen molar-refractivity contribution in [2.24, 2.45) is 16.1 Å². The van der Waals surface area contributed by atoms with E-state index in [2.05, 4.69) is 55.0 Å². The molecule has 7 nitrogen and oxygen atoms in total. The van der Waals surface area contributed by atoms with Crippen LogP contribution in [-0.4, -0.2) is 25.7 Å². The highest BCUT2D eigenvalue weighted by molar-refractivity contribution is 8.01. The Balaban J connectivity index is 1.63. The van der Waals surface area contributed by atoms with Crippen molar-refractivity contribution >= 4 is 39.7 Å². The van der Waals surface area contributed by atoms with Crippen LogP contribution < -0.4 is 5.73 Å². The molecule has 2 aromatic heterocycles. The summed E-state index contributed by atoms with van der Waals surface area (Å²) >= 11 is 3.32. The number of thioether (sulfide) groups is 1. The zero-order valence-corrected chi connectivity index (χ0v) is 26.9. The Morgan fingerprint density at radius 3 is 2.15 bits per heavy atom. The first-order valence-corrected chi connectivity index (χ1v) is 17.0. The maximum atomic E-state index is 6.53. The molecule has 0 bridgehead atoms. The minimum atomic E-state index is -0.243. The van der Waals surface area contributed by atoms with Gasteiger partial charge in [-0.2, -0.15) is 5.10 Å². The average molecular weight is 584 g/mol. The Bertz CT molecular complexity index is 1150. The first-order chi connectivity index (χ1) is 19.3. The van der Waals surface area contributed by atoms with Crippen molar-refractivity contribution in [1.29, 1.82) is 0 Å². The quantitative estimate of drug-likeness (QED) is 0.0913. The summed E-state index contributed by atoms with van der Waals surface area (Å²) in [5.41, 5.74) is 8.57. The van der Waals surface area contributed by atoms with Crippen LogP contribution in [0.2, 0.25) is 0 Å². The lowest BCUT2D eigenvalue weighted by molar-refractivity contribution is 0.440. The van der Waals surface area contributed by atoms with Gasteiger partial charge in [0.25, 0.3) is 5.13 Å². The Labute approximate surface area is 249 Å². The smallest absolute Gasteiger partial charge is 0.252 e. The number of unbranched alkanes of at least 4 members (excludes halogenated alkanes) is 8. The van der Waals surface area contributed by atoms with Gasteiger partial charge >= 0.3 is 0 Å². The van der Waals surface area contributed by atoms with Crippen LogP contribution in [0.4, 0.5) is 16.6 Å².